The molecule has 2 aromatic rings. The molecule has 1 aromatic heterocycles. The van der Waals surface area contributed by atoms with Gasteiger partial charge in [-0.3, -0.25) is 4.98 Å². The Bertz CT molecular complexity index is 510. The summed E-state index contributed by atoms with van der Waals surface area (Å²) >= 11 is 1.59. The zero-order chi connectivity index (χ0) is 11.7. The summed E-state index contributed by atoms with van der Waals surface area (Å²) < 4.78 is 5.70. The van der Waals surface area contributed by atoms with Gasteiger partial charge in [-0.05, 0) is 36.1 Å². The van der Waals surface area contributed by atoms with Crippen LogP contribution in [0.15, 0.2) is 29.9 Å². The molecule has 0 spiro atoms. The third-order valence-electron chi connectivity index (χ3n) is 3.03. The Labute approximate surface area is 104 Å². The maximum atomic E-state index is 9.70. The molecule has 1 unspecified atom stereocenters. The Morgan fingerprint density at radius 2 is 2.41 bits per heavy atom. The van der Waals surface area contributed by atoms with Crippen molar-refractivity contribution < 1.29 is 9.84 Å². The fourth-order valence-electron chi connectivity index (χ4n) is 2.13. The van der Waals surface area contributed by atoms with Crippen LogP contribution in [0.25, 0.3) is 0 Å². The first kappa shape index (κ1) is 10.7. The van der Waals surface area contributed by atoms with Crippen molar-refractivity contribution >= 4 is 11.3 Å². The Hall–Kier alpha value is -1.39. The van der Waals surface area contributed by atoms with E-state index in [1.165, 1.54) is 5.56 Å². The third kappa shape index (κ3) is 2.18. The van der Waals surface area contributed by atoms with Crippen LogP contribution in [0.5, 0.6) is 5.75 Å². The van der Waals surface area contributed by atoms with E-state index in [9.17, 15) is 5.11 Å². The molecule has 3 nitrogen and oxygen atoms in total. The molecule has 1 heterocycles. The Kier molecular flexibility index (Phi) is 2.82. The maximum Gasteiger partial charge on any atom is 0.124 e. The number of hydrogen-bond acceptors (Lipinski definition) is 4. The number of nitrogens with zero attached hydrogens (tertiary/aromatic N) is 1. The van der Waals surface area contributed by atoms with Gasteiger partial charge in [0.25, 0.3) is 0 Å². The van der Waals surface area contributed by atoms with Crippen LogP contribution in [0.2, 0.25) is 0 Å². The Morgan fingerprint density at radius 3 is 3.24 bits per heavy atom. The minimum atomic E-state index is -0.291. The largest absolute Gasteiger partial charge is 0.488 e. The van der Waals surface area contributed by atoms with Gasteiger partial charge in [0.1, 0.15) is 12.4 Å². The number of aromatic nitrogens is 1. The van der Waals surface area contributed by atoms with Gasteiger partial charge in [-0.25, -0.2) is 0 Å². The van der Waals surface area contributed by atoms with Gasteiger partial charge < -0.3 is 9.84 Å². The smallest absolute Gasteiger partial charge is 0.124 e. The number of hydrogen-bond donors (Lipinski definition) is 1. The summed E-state index contributed by atoms with van der Waals surface area (Å²) in [7, 11) is 0. The second kappa shape index (κ2) is 4.47. The zero-order valence-electron chi connectivity index (χ0n) is 9.30. The van der Waals surface area contributed by atoms with Gasteiger partial charge in [0.15, 0.2) is 0 Å². The number of thiazole rings is 1. The van der Waals surface area contributed by atoms with Crippen molar-refractivity contribution in [1.29, 1.82) is 0 Å². The number of aryl methyl sites for hydroxylation is 1. The number of aliphatic hydroxyl groups excluding tert-OH is 1. The summed E-state index contributed by atoms with van der Waals surface area (Å²) in [5, 5.41) is 9.70. The lowest BCUT2D eigenvalue weighted by atomic mass is 10.1. The standard InChI is InChI=1S/C13H13NO2S/c15-13-4-1-9-5-10(2-3-12(9)13)16-7-11-6-14-8-17-11/h2-3,5-6,8,13,15H,1,4,7H2. The normalized spacial score (nSPS) is 18.1. The Morgan fingerprint density at radius 1 is 1.47 bits per heavy atom. The van der Waals surface area contributed by atoms with Crippen LogP contribution in [0.3, 0.4) is 0 Å². The second-order valence-corrected chi connectivity index (χ2v) is 5.14. The lowest BCUT2D eigenvalue weighted by molar-refractivity contribution is 0.180. The topological polar surface area (TPSA) is 42.4 Å². The lowest BCUT2D eigenvalue weighted by Gasteiger charge is -2.08. The molecule has 0 saturated carbocycles. The molecular weight excluding hydrogens is 234 g/mol. The fourth-order valence-corrected chi connectivity index (χ4v) is 2.63. The molecule has 1 aliphatic rings. The number of rotatable bonds is 3. The van der Waals surface area contributed by atoms with Crippen LogP contribution < -0.4 is 4.74 Å². The Balaban J connectivity index is 1.72. The van der Waals surface area contributed by atoms with E-state index in [1.54, 1.807) is 16.8 Å². The fraction of sp³-hybridized carbons (Fsp3) is 0.308. The summed E-state index contributed by atoms with van der Waals surface area (Å²) in [6.45, 7) is 0.562. The molecule has 1 aromatic carbocycles. The summed E-state index contributed by atoms with van der Waals surface area (Å²) in [6, 6.07) is 5.93. The quantitative estimate of drug-likeness (QED) is 0.906. The second-order valence-electron chi connectivity index (χ2n) is 4.17. The van der Waals surface area contributed by atoms with E-state index in [-0.39, 0.29) is 6.10 Å². The van der Waals surface area contributed by atoms with Gasteiger partial charge in [-0.15, -0.1) is 11.3 Å². The monoisotopic (exact) mass is 247 g/mol. The molecule has 0 bridgehead atoms. The van der Waals surface area contributed by atoms with Crippen molar-refractivity contribution in [3.8, 4) is 5.75 Å². The number of aliphatic hydroxyl groups is 1. The van der Waals surface area contributed by atoms with E-state index in [4.69, 9.17) is 4.74 Å². The van der Waals surface area contributed by atoms with Crippen molar-refractivity contribution in [2.45, 2.75) is 25.6 Å². The van der Waals surface area contributed by atoms with Gasteiger partial charge in [0.2, 0.25) is 0 Å². The molecule has 1 N–H and O–H groups in total. The molecule has 0 saturated heterocycles. The van der Waals surface area contributed by atoms with Gasteiger partial charge in [-0.1, -0.05) is 6.07 Å². The summed E-state index contributed by atoms with van der Waals surface area (Å²) in [4.78, 5) is 5.12. The SMILES string of the molecule is OC1CCc2cc(OCc3cncs3)ccc21. The van der Waals surface area contributed by atoms with Gasteiger partial charge in [0, 0.05) is 6.20 Å². The maximum absolute atomic E-state index is 9.70. The molecule has 0 fully saturated rings. The van der Waals surface area contributed by atoms with E-state index in [2.05, 4.69) is 4.98 Å². The third-order valence-corrected chi connectivity index (χ3v) is 3.78. The first-order valence-corrected chi connectivity index (χ1v) is 6.52. The molecule has 1 aliphatic carbocycles. The summed E-state index contributed by atoms with van der Waals surface area (Å²) in [5.74, 6) is 0.867. The summed E-state index contributed by atoms with van der Waals surface area (Å²) in [6.07, 6.45) is 3.30. The van der Waals surface area contributed by atoms with E-state index in [0.29, 0.717) is 6.61 Å². The average Bonchev–Trinajstić information content (AvgIpc) is 2.97. The number of ether oxygens (including phenoxy) is 1. The molecule has 0 amide bonds. The number of benzene rings is 1. The highest BCUT2D eigenvalue weighted by atomic mass is 32.1. The highest BCUT2D eigenvalue weighted by Gasteiger charge is 2.20. The number of fused-ring (bicyclic) bond motifs is 1. The van der Waals surface area contributed by atoms with Crippen molar-refractivity contribution in [1.82, 2.24) is 4.98 Å². The zero-order valence-corrected chi connectivity index (χ0v) is 10.1. The molecular formula is C13H13NO2S. The van der Waals surface area contributed by atoms with Crippen molar-refractivity contribution in [2.75, 3.05) is 0 Å². The van der Waals surface area contributed by atoms with Gasteiger partial charge >= 0.3 is 0 Å². The summed E-state index contributed by atoms with van der Waals surface area (Å²) in [5.41, 5.74) is 4.06. The molecule has 0 aliphatic heterocycles. The van der Waals surface area contributed by atoms with E-state index in [1.807, 2.05) is 24.4 Å². The lowest BCUT2D eigenvalue weighted by Crippen LogP contribution is -1.95. The minimum Gasteiger partial charge on any atom is -0.488 e. The predicted molar refractivity (Wildman–Crippen MR) is 66.2 cm³/mol. The highest BCUT2D eigenvalue weighted by molar-refractivity contribution is 7.09. The van der Waals surface area contributed by atoms with Crippen LogP contribution in [0, 0.1) is 0 Å². The van der Waals surface area contributed by atoms with Crippen molar-refractivity contribution in [3.63, 3.8) is 0 Å². The molecule has 4 heteroatoms. The van der Waals surface area contributed by atoms with Crippen molar-refractivity contribution in [3.05, 3.63) is 45.9 Å². The average molecular weight is 247 g/mol. The van der Waals surface area contributed by atoms with Crippen LogP contribution in [-0.2, 0) is 13.0 Å². The molecule has 0 radical (unpaired) electrons. The molecule has 88 valence electrons. The van der Waals surface area contributed by atoms with E-state index in [0.717, 1.165) is 29.0 Å². The molecule has 17 heavy (non-hydrogen) atoms. The first-order valence-electron chi connectivity index (χ1n) is 5.64. The highest BCUT2D eigenvalue weighted by Crippen LogP contribution is 2.33. The molecule has 1 atom stereocenters. The van der Waals surface area contributed by atoms with Crippen LogP contribution in [0.1, 0.15) is 28.5 Å². The van der Waals surface area contributed by atoms with Gasteiger partial charge in [-0.2, -0.15) is 0 Å². The van der Waals surface area contributed by atoms with Crippen LogP contribution in [-0.4, -0.2) is 10.1 Å². The van der Waals surface area contributed by atoms with E-state index >= 15 is 0 Å². The van der Waals surface area contributed by atoms with E-state index < -0.39 is 0 Å². The first-order chi connectivity index (χ1) is 8.33. The van der Waals surface area contributed by atoms with Gasteiger partial charge in [0.05, 0.1) is 16.5 Å². The predicted octanol–water partition coefficient (Wildman–Crippen LogP) is 2.70. The van der Waals surface area contributed by atoms with Crippen molar-refractivity contribution in [2.24, 2.45) is 0 Å². The molecule has 3 rings (SSSR count). The van der Waals surface area contributed by atoms with Crippen LogP contribution in [0.4, 0.5) is 0 Å². The minimum absolute atomic E-state index is 0.291. The van der Waals surface area contributed by atoms with Crippen LogP contribution >= 0.6 is 11.3 Å².